The molecule has 0 fully saturated rings. The van der Waals surface area contributed by atoms with Crippen LogP contribution in [0.5, 0.6) is 11.5 Å². The summed E-state index contributed by atoms with van der Waals surface area (Å²) in [4.78, 5) is 0. The predicted octanol–water partition coefficient (Wildman–Crippen LogP) is 5.28. The molecule has 0 bridgehead atoms. The topological polar surface area (TPSA) is 45.4 Å². The van der Waals surface area contributed by atoms with Gasteiger partial charge in [0.2, 0.25) is 0 Å². The largest absolute Gasteiger partial charge is 0.508 e. The Balaban J connectivity index is 1.79. The van der Waals surface area contributed by atoms with E-state index in [0.717, 1.165) is 28.8 Å². The number of phenols is 2. The van der Waals surface area contributed by atoms with Crippen LogP contribution in [0.4, 0.5) is 0 Å². The van der Waals surface area contributed by atoms with Crippen molar-refractivity contribution in [3.63, 3.8) is 0 Å². The van der Waals surface area contributed by atoms with Gasteiger partial charge in [-0.3, -0.25) is 0 Å². The van der Waals surface area contributed by atoms with Gasteiger partial charge in [-0.05, 0) is 41.0 Å². The van der Waals surface area contributed by atoms with Gasteiger partial charge < -0.3 is 14.8 Å². The number of rotatable bonds is 4. The Morgan fingerprint density at radius 2 is 1.04 bits per heavy atom. The molecule has 26 heavy (non-hydrogen) atoms. The number of hydrogen-bond acceptors (Lipinski definition) is 2. The summed E-state index contributed by atoms with van der Waals surface area (Å²) in [6, 6.07) is 24.8. The molecule has 1 aromatic heterocycles. The molecular formula is C23H19NO2. The van der Waals surface area contributed by atoms with E-state index in [1.165, 1.54) is 5.56 Å². The van der Waals surface area contributed by atoms with Crippen LogP contribution in [-0.4, -0.2) is 14.8 Å². The van der Waals surface area contributed by atoms with E-state index in [2.05, 4.69) is 29.1 Å². The predicted molar refractivity (Wildman–Crippen MR) is 104 cm³/mol. The summed E-state index contributed by atoms with van der Waals surface area (Å²) in [5.41, 5.74) is 5.49. The average molecular weight is 341 g/mol. The van der Waals surface area contributed by atoms with E-state index in [4.69, 9.17) is 0 Å². The molecule has 3 nitrogen and oxygen atoms in total. The van der Waals surface area contributed by atoms with E-state index in [0.29, 0.717) is 0 Å². The summed E-state index contributed by atoms with van der Waals surface area (Å²) < 4.78 is 2.17. The number of nitrogens with zero attached hydrogens (tertiary/aromatic N) is 1. The minimum absolute atomic E-state index is 0.253. The summed E-state index contributed by atoms with van der Waals surface area (Å²) in [5.74, 6) is 0.507. The molecule has 0 radical (unpaired) electrons. The lowest BCUT2D eigenvalue weighted by Gasteiger charge is -2.05. The van der Waals surface area contributed by atoms with Gasteiger partial charge in [-0.25, -0.2) is 0 Å². The Bertz CT molecular complexity index is 938. The SMILES string of the molecule is Oc1ccc(-c2cn(Cc3ccccc3)cc2-c2ccc(O)cc2)cc1. The fraction of sp³-hybridized carbons (Fsp3) is 0.0435. The maximum Gasteiger partial charge on any atom is 0.115 e. The molecule has 128 valence electrons. The van der Waals surface area contributed by atoms with Crippen LogP contribution >= 0.6 is 0 Å². The van der Waals surface area contributed by atoms with Gasteiger partial charge in [0.25, 0.3) is 0 Å². The number of aromatic nitrogens is 1. The number of aromatic hydroxyl groups is 2. The summed E-state index contributed by atoms with van der Waals surface area (Å²) >= 11 is 0. The van der Waals surface area contributed by atoms with Gasteiger partial charge in [-0.15, -0.1) is 0 Å². The van der Waals surface area contributed by atoms with E-state index in [1.807, 2.05) is 42.5 Å². The fourth-order valence-corrected chi connectivity index (χ4v) is 3.14. The van der Waals surface area contributed by atoms with E-state index < -0.39 is 0 Å². The molecular weight excluding hydrogens is 322 g/mol. The van der Waals surface area contributed by atoms with E-state index in [9.17, 15) is 10.2 Å². The Hall–Kier alpha value is -3.46. The van der Waals surface area contributed by atoms with Crippen LogP contribution in [0, 0.1) is 0 Å². The van der Waals surface area contributed by atoms with Crippen LogP contribution in [0.3, 0.4) is 0 Å². The van der Waals surface area contributed by atoms with Crippen molar-refractivity contribution in [1.82, 2.24) is 4.57 Å². The zero-order valence-electron chi connectivity index (χ0n) is 14.2. The summed E-state index contributed by atoms with van der Waals surface area (Å²) in [5, 5.41) is 19.2. The summed E-state index contributed by atoms with van der Waals surface area (Å²) in [6.07, 6.45) is 4.25. The lowest BCUT2D eigenvalue weighted by atomic mass is 9.99. The number of phenolic OH excluding ortho intramolecular Hbond substituents is 2. The maximum absolute atomic E-state index is 9.59. The fourth-order valence-electron chi connectivity index (χ4n) is 3.14. The van der Waals surface area contributed by atoms with E-state index in [-0.39, 0.29) is 11.5 Å². The quantitative estimate of drug-likeness (QED) is 0.530. The van der Waals surface area contributed by atoms with E-state index in [1.54, 1.807) is 24.3 Å². The van der Waals surface area contributed by atoms with Crippen molar-refractivity contribution in [2.24, 2.45) is 0 Å². The molecule has 0 unspecified atom stereocenters. The lowest BCUT2D eigenvalue weighted by Crippen LogP contribution is -1.95. The molecule has 0 atom stereocenters. The molecule has 4 aromatic rings. The van der Waals surface area contributed by atoms with Crippen molar-refractivity contribution in [1.29, 1.82) is 0 Å². The van der Waals surface area contributed by atoms with Crippen molar-refractivity contribution in [2.75, 3.05) is 0 Å². The molecule has 3 aromatic carbocycles. The molecule has 4 rings (SSSR count). The molecule has 1 heterocycles. The normalized spacial score (nSPS) is 10.8. The van der Waals surface area contributed by atoms with Gasteiger partial charge in [0.15, 0.2) is 0 Å². The van der Waals surface area contributed by atoms with Gasteiger partial charge in [-0.1, -0.05) is 54.6 Å². The van der Waals surface area contributed by atoms with Gasteiger partial charge in [0.1, 0.15) is 11.5 Å². The maximum atomic E-state index is 9.59. The van der Waals surface area contributed by atoms with Crippen molar-refractivity contribution in [2.45, 2.75) is 6.54 Å². The number of hydrogen-bond donors (Lipinski definition) is 2. The van der Waals surface area contributed by atoms with Gasteiger partial charge in [-0.2, -0.15) is 0 Å². The highest BCUT2D eigenvalue weighted by molar-refractivity contribution is 5.83. The minimum Gasteiger partial charge on any atom is -0.508 e. The zero-order valence-corrected chi connectivity index (χ0v) is 14.2. The molecule has 0 spiro atoms. The van der Waals surface area contributed by atoms with Crippen molar-refractivity contribution in [3.8, 4) is 33.8 Å². The Kier molecular flexibility index (Phi) is 4.20. The van der Waals surface area contributed by atoms with Crippen LogP contribution in [0.2, 0.25) is 0 Å². The van der Waals surface area contributed by atoms with Crippen LogP contribution in [-0.2, 0) is 6.54 Å². The molecule has 3 heteroatoms. The molecule has 0 saturated carbocycles. The third-order valence-electron chi connectivity index (χ3n) is 4.44. The smallest absolute Gasteiger partial charge is 0.115 e. The molecule has 0 amide bonds. The zero-order chi connectivity index (χ0) is 17.9. The Morgan fingerprint density at radius 1 is 0.577 bits per heavy atom. The van der Waals surface area contributed by atoms with Crippen LogP contribution in [0.25, 0.3) is 22.3 Å². The Morgan fingerprint density at radius 3 is 1.50 bits per heavy atom. The second-order valence-electron chi connectivity index (χ2n) is 6.34. The first-order valence-electron chi connectivity index (χ1n) is 8.51. The van der Waals surface area contributed by atoms with Gasteiger partial charge in [0.05, 0.1) is 0 Å². The van der Waals surface area contributed by atoms with Crippen LogP contribution < -0.4 is 0 Å². The van der Waals surface area contributed by atoms with Crippen molar-refractivity contribution >= 4 is 0 Å². The van der Waals surface area contributed by atoms with Crippen molar-refractivity contribution in [3.05, 3.63) is 96.8 Å². The lowest BCUT2D eigenvalue weighted by molar-refractivity contribution is 0.475. The average Bonchev–Trinajstić information content (AvgIpc) is 3.07. The third-order valence-corrected chi connectivity index (χ3v) is 4.44. The van der Waals surface area contributed by atoms with Gasteiger partial charge >= 0.3 is 0 Å². The standard InChI is InChI=1S/C23H19NO2/c25-20-10-6-18(7-11-20)22-15-24(14-17-4-2-1-3-5-17)16-23(22)19-8-12-21(26)13-9-19/h1-13,15-16,25-26H,14H2. The summed E-state index contributed by atoms with van der Waals surface area (Å²) in [7, 11) is 0. The van der Waals surface area contributed by atoms with Gasteiger partial charge in [0, 0.05) is 30.1 Å². The van der Waals surface area contributed by atoms with E-state index >= 15 is 0 Å². The number of benzene rings is 3. The second kappa shape index (κ2) is 6.81. The third kappa shape index (κ3) is 3.33. The highest BCUT2D eigenvalue weighted by Crippen LogP contribution is 2.34. The Labute approximate surface area is 152 Å². The van der Waals surface area contributed by atoms with Crippen LogP contribution in [0.15, 0.2) is 91.3 Å². The molecule has 0 aliphatic rings. The highest BCUT2D eigenvalue weighted by atomic mass is 16.3. The van der Waals surface area contributed by atoms with Crippen molar-refractivity contribution < 1.29 is 10.2 Å². The summed E-state index contributed by atoms with van der Waals surface area (Å²) in [6.45, 7) is 0.782. The first-order chi connectivity index (χ1) is 12.7. The molecule has 0 saturated heterocycles. The monoisotopic (exact) mass is 341 g/mol. The minimum atomic E-state index is 0.253. The first kappa shape index (κ1) is 16.0. The first-order valence-corrected chi connectivity index (χ1v) is 8.51. The molecule has 0 aliphatic carbocycles. The molecule has 2 N–H and O–H groups in total. The second-order valence-corrected chi connectivity index (χ2v) is 6.34. The highest BCUT2D eigenvalue weighted by Gasteiger charge is 2.12. The van der Waals surface area contributed by atoms with Crippen LogP contribution in [0.1, 0.15) is 5.56 Å². The molecule has 0 aliphatic heterocycles.